The summed E-state index contributed by atoms with van der Waals surface area (Å²) in [6.07, 6.45) is 0.848. The van der Waals surface area contributed by atoms with Crippen LogP contribution in [0.15, 0.2) is 78.9 Å². The van der Waals surface area contributed by atoms with Gasteiger partial charge in [-0.3, -0.25) is 9.59 Å². The standard InChI is InChI=1S/C32H39ClN2O4S/c1-22(2)20-32(29(33)25-9-7-6-8-10-25,40-21-24-13-17-27(39-5)18-14-24)31(37)35-28(30(36)34-3)19-23-11-15-26(38-4)16-12-23/h6-18,22,28-29H,19-21H2,1-5H3,(H,34,36)(H,35,37)/t28-,29?,32?/m0/s1. The van der Waals surface area contributed by atoms with Gasteiger partial charge in [-0.05, 0) is 53.3 Å². The third kappa shape index (κ3) is 8.18. The Kier molecular flexibility index (Phi) is 11.8. The first-order valence-electron chi connectivity index (χ1n) is 13.3. The van der Waals surface area contributed by atoms with E-state index < -0.39 is 16.2 Å². The van der Waals surface area contributed by atoms with Crippen molar-refractivity contribution in [1.82, 2.24) is 10.6 Å². The van der Waals surface area contributed by atoms with Crippen LogP contribution in [0, 0.1) is 5.92 Å². The SMILES string of the molecule is CNC(=O)[C@H](Cc1ccc(OC)cc1)NC(=O)C(CC(C)C)(SCc1ccc(OC)cc1)C(Cl)c1ccccc1. The molecule has 0 spiro atoms. The molecule has 2 unspecified atom stereocenters. The van der Waals surface area contributed by atoms with E-state index >= 15 is 0 Å². The van der Waals surface area contributed by atoms with Gasteiger partial charge in [-0.2, -0.15) is 0 Å². The Morgan fingerprint density at radius 1 is 0.875 bits per heavy atom. The quantitative estimate of drug-likeness (QED) is 0.222. The Balaban J connectivity index is 1.98. The zero-order valence-electron chi connectivity index (χ0n) is 23.8. The monoisotopic (exact) mass is 582 g/mol. The molecule has 3 aromatic carbocycles. The fourth-order valence-electron chi connectivity index (χ4n) is 4.60. The summed E-state index contributed by atoms with van der Waals surface area (Å²) in [5.74, 6) is 1.69. The van der Waals surface area contributed by atoms with Crippen molar-refractivity contribution in [3.05, 3.63) is 95.6 Å². The molecule has 2 amide bonds. The van der Waals surface area contributed by atoms with Gasteiger partial charge in [-0.1, -0.05) is 68.4 Å². The lowest BCUT2D eigenvalue weighted by atomic mass is 9.88. The van der Waals surface area contributed by atoms with E-state index in [0.717, 1.165) is 28.2 Å². The molecule has 3 atom stereocenters. The number of nitrogens with one attached hydrogen (secondary N) is 2. The first-order valence-corrected chi connectivity index (χ1v) is 14.8. The molecule has 40 heavy (non-hydrogen) atoms. The van der Waals surface area contributed by atoms with Crippen molar-refractivity contribution in [3.8, 4) is 11.5 Å². The number of hydrogen-bond donors (Lipinski definition) is 2. The second-order valence-corrected chi connectivity index (χ2v) is 11.8. The molecule has 0 fully saturated rings. The van der Waals surface area contributed by atoms with Crippen LogP contribution in [0.1, 0.15) is 42.3 Å². The molecule has 0 aliphatic rings. The van der Waals surface area contributed by atoms with Crippen molar-refractivity contribution >= 4 is 35.2 Å². The average molecular weight is 583 g/mol. The number of ether oxygens (including phenoxy) is 2. The second kappa shape index (κ2) is 15.0. The third-order valence-electron chi connectivity index (χ3n) is 6.72. The van der Waals surface area contributed by atoms with Crippen molar-refractivity contribution < 1.29 is 19.1 Å². The number of alkyl halides is 1. The van der Waals surface area contributed by atoms with Gasteiger partial charge in [0, 0.05) is 19.2 Å². The van der Waals surface area contributed by atoms with Crippen molar-refractivity contribution in [2.24, 2.45) is 5.92 Å². The van der Waals surface area contributed by atoms with E-state index in [1.165, 1.54) is 11.8 Å². The number of carbonyl (C=O) groups excluding carboxylic acids is 2. The maximum Gasteiger partial charge on any atom is 0.242 e. The van der Waals surface area contributed by atoms with Crippen LogP contribution in [0.25, 0.3) is 0 Å². The van der Waals surface area contributed by atoms with E-state index in [0.29, 0.717) is 18.6 Å². The molecule has 0 bridgehead atoms. The first-order chi connectivity index (χ1) is 19.2. The van der Waals surface area contributed by atoms with Crippen LogP contribution in [-0.2, 0) is 21.8 Å². The predicted molar refractivity (Wildman–Crippen MR) is 164 cm³/mol. The van der Waals surface area contributed by atoms with Crippen LogP contribution in [-0.4, -0.2) is 43.9 Å². The Hall–Kier alpha value is -3.16. The van der Waals surface area contributed by atoms with Gasteiger partial charge in [-0.25, -0.2) is 0 Å². The molecule has 0 saturated carbocycles. The number of rotatable bonds is 14. The number of hydrogen-bond acceptors (Lipinski definition) is 5. The van der Waals surface area contributed by atoms with Crippen LogP contribution in [0.3, 0.4) is 0 Å². The molecular weight excluding hydrogens is 544 g/mol. The Labute approximate surface area is 247 Å². The number of likely N-dealkylation sites (N-methyl/N-ethyl adjacent to an activating group) is 1. The lowest BCUT2D eigenvalue weighted by Crippen LogP contribution is -2.55. The van der Waals surface area contributed by atoms with Crippen LogP contribution in [0.5, 0.6) is 11.5 Å². The summed E-state index contributed by atoms with van der Waals surface area (Å²) in [7, 11) is 4.81. The minimum Gasteiger partial charge on any atom is -0.497 e. The largest absolute Gasteiger partial charge is 0.497 e. The van der Waals surface area contributed by atoms with Gasteiger partial charge in [0.2, 0.25) is 11.8 Å². The van der Waals surface area contributed by atoms with Crippen molar-refractivity contribution in [2.45, 2.75) is 48.6 Å². The van der Waals surface area contributed by atoms with Gasteiger partial charge in [0.05, 0.1) is 19.6 Å². The highest BCUT2D eigenvalue weighted by molar-refractivity contribution is 8.00. The summed E-state index contributed by atoms with van der Waals surface area (Å²) in [6, 6.07) is 24.2. The molecule has 0 saturated heterocycles. The summed E-state index contributed by atoms with van der Waals surface area (Å²) in [5, 5.41) is 5.16. The van der Waals surface area contributed by atoms with Crippen LogP contribution in [0.4, 0.5) is 0 Å². The van der Waals surface area contributed by atoms with Gasteiger partial charge in [0.25, 0.3) is 0 Å². The molecule has 0 aliphatic carbocycles. The smallest absolute Gasteiger partial charge is 0.242 e. The Morgan fingerprint density at radius 3 is 1.93 bits per heavy atom. The molecule has 2 N–H and O–H groups in total. The topological polar surface area (TPSA) is 76.7 Å². The fourth-order valence-corrected chi connectivity index (χ4v) is 6.66. The molecule has 0 aromatic heterocycles. The molecule has 3 aromatic rings. The molecule has 3 rings (SSSR count). The average Bonchev–Trinajstić information content (AvgIpc) is 2.98. The summed E-state index contributed by atoms with van der Waals surface area (Å²) in [6.45, 7) is 4.16. The zero-order chi connectivity index (χ0) is 29.1. The number of carbonyl (C=O) groups is 2. The third-order valence-corrected chi connectivity index (χ3v) is 9.05. The lowest BCUT2D eigenvalue weighted by molar-refractivity contribution is -0.130. The molecule has 0 heterocycles. The molecular formula is C32H39ClN2O4S. The van der Waals surface area contributed by atoms with Crippen molar-refractivity contribution in [3.63, 3.8) is 0 Å². The van der Waals surface area contributed by atoms with E-state index in [1.807, 2.05) is 78.9 Å². The van der Waals surface area contributed by atoms with Crippen molar-refractivity contribution in [1.29, 1.82) is 0 Å². The maximum absolute atomic E-state index is 14.4. The van der Waals surface area contributed by atoms with Crippen molar-refractivity contribution in [2.75, 3.05) is 21.3 Å². The minimum absolute atomic E-state index is 0.166. The molecule has 0 radical (unpaired) electrons. The highest BCUT2D eigenvalue weighted by atomic mass is 35.5. The van der Waals surface area contributed by atoms with Gasteiger partial charge < -0.3 is 20.1 Å². The summed E-state index contributed by atoms with van der Waals surface area (Å²) in [5.41, 5.74) is 2.80. The van der Waals surface area contributed by atoms with Crippen LogP contribution in [0.2, 0.25) is 0 Å². The zero-order valence-corrected chi connectivity index (χ0v) is 25.4. The highest BCUT2D eigenvalue weighted by Gasteiger charge is 2.47. The van der Waals surface area contributed by atoms with E-state index in [9.17, 15) is 9.59 Å². The van der Waals surface area contributed by atoms with Gasteiger partial charge in [0.1, 0.15) is 22.3 Å². The van der Waals surface area contributed by atoms with E-state index in [4.69, 9.17) is 21.1 Å². The summed E-state index contributed by atoms with van der Waals surface area (Å²) in [4.78, 5) is 27.4. The van der Waals surface area contributed by atoms with E-state index in [1.54, 1.807) is 21.3 Å². The van der Waals surface area contributed by atoms with Crippen LogP contribution < -0.4 is 20.1 Å². The van der Waals surface area contributed by atoms with Crippen LogP contribution >= 0.6 is 23.4 Å². The summed E-state index contributed by atoms with van der Waals surface area (Å²) < 4.78 is 9.51. The molecule has 8 heteroatoms. The molecule has 6 nitrogen and oxygen atoms in total. The number of methoxy groups -OCH3 is 2. The number of benzene rings is 3. The first kappa shape index (κ1) is 31.4. The highest BCUT2D eigenvalue weighted by Crippen LogP contribution is 2.48. The lowest BCUT2D eigenvalue weighted by Gasteiger charge is -2.38. The maximum atomic E-state index is 14.4. The Bertz CT molecular complexity index is 1220. The fraction of sp³-hybridized carbons (Fsp3) is 0.375. The minimum atomic E-state index is -1.05. The second-order valence-electron chi connectivity index (χ2n) is 10.1. The number of thioether (sulfide) groups is 1. The molecule has 0 aliphatic heterocycles. The molecule has 214 valence electrons. The van der Waals surface area contributed by atoms with E-state index in [2.05, 4.69) is 24.5 Å². The number of halogens is 1. The van der Waals surface area contributed by atoms with Gasteiger partial charge in [-0.15, -0.1) is 23.4 Å². The van der Waals surface area contributed by atoms with Gasteiger partial charge in [0.15, 0.2) is 0 Å². The summed E-state index contributed by atoms with van der Waals surface area (Å²) >= 11 is 8.77. The Morgan fingerprint density at radius 2 is 1.43 bits per heavy atom. The van der Waals surface area contributed by atoms with Gasteiger partial charge >= 0.3 is 0 Å². The van der Waals surface area contributed by atoms with E-state index in [-0.39, 0.29) is 17.7 Å². The number of amides is 2. The predicted octanol–water partition coefficient (Wildman–Crippen LogP) is 6.18. The normalized spacial score (nSPS) is 14.1.